The minimum Gasteiger partial charge on any atom is -0.388 e. The Hall–Kier alpha value is -2.46. The van der Waals surface area contributed by atoms with Crippen molar-refractivity contribution >= 4 is 0 Å². The molecule has 34 heavy (non-hydrogen) atoms. The van der Waals surface area contributed by atoms with Crippen molar-refractivity contribution in [2.75, 3.05) is 32.7 Å². The molecule has 0 bridgehead atoms. The monoisotopic (exact) mass is 456 g/mol. The first-order valence-electron chi connectivity index (χ1n) is 12.8. The lowest BCUT2D eigenvalue weighted by atomic mass is 9.86. The van der Waals surface area contributed by atoms with Crippen LogP contribution in [0.1, 0.15) is 68.0 Å². The molecule has 1 fully saturated rings. The molecule has 0 aromatic heterocycles. The fraction of sp³-hybridized carbons (Fsp3) is 0.419. The van der Waals surface area contributed by atoms with Gasteiger partial charge in [-0.05, 0) is 47.1 Å². The van der Waals surface area contributed by atoms with Crippen LogP contribution < -0.4 is 0 Å². The van der Waals surface area contributed by atoms with E-state index in [1.165, 1.54) is 16.7 Å². The number of aliphatic hydroxyl groups excluding tert-OH is 1. The molecular formula is C31H40N2O. The first-order valence-corrected chi connectivity index (χ1v) is 12.8. The zero-order chi connectivity index (χ0) is 24.0. The number of hydrogen-bond acceptors (Lipinski definition) is 3. The Bertz CT molecular complexity index is 948. The van der Waals surface area contributed by atoms with Crippen LogP contribution in [-0.4, -0.2) is 47.6 Å². The summed E-state index contributed by atoms with van der Waals surface area (Å²) in [5.74, 6) is 0. The highest BCUT2D eigenvalue weighted by atomic mass is 16.3. The van der Waals surface area contributed by atoms with E-state index < -0.39 is 0 Å². The van der Waals surface area contributed by atoms with Gasteiger partial charge in [-0.1, -0.05) is 106 Å². The van der Waals surface area contributed by atoms with Crippen molar-refractivity contribution in [2.24, 2.45) is 0 Å². The quantitative estimate of drug-likeness (QED) is 0.437. The zero-order valence-corrected chi connectivity index (χ0v) is 21.0. The Balaban J connectivity index is 1.28. The molecule has 4 rings (SSSR count). The van der Waals surface area contributed by atoms with Crippen LogP contribution in [0.25, 0.3) is 0 Å². The maximum Gasteiger partial charge on any atom is 0.0790 e. The minimum atomic E-state index is -0.379. The number of benzene rings is 3. The molecule has 3 aromatic rings. The number of rotatable bonds is 8. The lowest BCUT2D eigenvalue weighted by Gasteiger charge is -2.40. The predicted molar refractivity (Wildman–Crippen MR) is 142 cm³/mol. The Morgan fingerprint density at radius 2 is 1.24 bits per heavy atom. The van der Waals surface area contributed by atoms with Gasteiger partial charge in [-0.2, -0.15) is 0 Å². The standard InChI is InChI=1S/C31H40N2O/c1-31(2,3)28-18-16-25(17-19-28)29(34)15-10-20-32-21-23-33(24-22-32)30(26-11-6-4-7-12-26)27-13-8-5-9-14-27/h4-9,11-14,16-19,29-30,34H,10,15,20-24H2,1-3H3/t29-/m1/s1. The Morgan fingerprint density at radius 1 is 0.706 bits per heavy atom. The summed E-state index contributed by atoms with van der Waals surface area (Å²) in [6.45, 7) is 12.0. The van der Waals surface area contributed by atoms with E-state index >= 15 is 0 Å². The summed E-state index contributed by atoms with van der Waals surface area (Å²) in [5.41, 5.74) is 5.22. The summed E-state index contributed by atoms with van der Waals surface area (Å²) < 4.78 is 0. The number of piperazine rings is 1. The van der Waals surface area contributed by atoms with Crippen LogP contribution in [0.4, 0.5) is 0 Å². The van der Waals surface area contributed by atoms with Crippen LogP contribution in [0.3, 0.4) is 0 Å². The molecule has 0 amide bonds. The Morgan fingerprint density at radius 3 is 1.74 bits per heavy atom. The lowest BCUT2D eigenvalue weighted by molar-refractivity contribution is 0.101. The van der Waals surface area contributed by atoms with Crippen LogP contribution in [0.5, 0.6) is 0 Å². The van der Waals surface area contributed by atoms with Crippen molar-refractivity contribution in [3.63, 3.8) is 0 Å². The van der Waals surface area contributed by atoms with Gasteiger partial charge < -0.3 is 10.0 Å². The van der Waals surface area contributed by atoms with Gasteiger partial charge in [0.15, 0.2) is 0 Å². The fourth-order valence-electron chi connectivity index (χ4n) is 5.01. The highest BCUT2D eigenvalue weighted by Gasteiger charge is 2.26. The van der Waals surface area contributed by atoms with E-state index in [-0.39, 0.29) is 11.5 Å². The largest absolute Gasteiger partial charge is 0.388 e. The summed E-state index contributed by atoms with van der Waals surface area (Å²) >= 11 is 0. The highest BCUT2D eigenvalue weighted by Crippen LogP contribution is 2.30. The third-order valence-electron chi connectivity index (χ3n) is 7.12. The average molecular weight is 457 g/mol. The fourth-order valence-corrected chi connectivity index (χ4v) is 5.01. The summed E-state index contributed by atoms with van der Waals surface area (Å²) in [6, 6.07) is 30.6. The second-order valence-corrected chi connectivity index (χ2v) is 10.6. The van der Waals surface area contributed by atoms with Crippen LogP contribution in [0, 0.1) is 0 Å². The van der Waals surface area contributed by atoms with Gasteiger partial charge in [0.2, 0.25) is 0 Å². The molecule has 0 radical (unpaired) electrons. The first kappa shape index (κ1) is 24.7. The third-order valence-corrected chi connectivity index (χ3v) is 7.12. The van der Waals surface area contributed by atoms with Crippen LogP contribution in [0.15, 0.2) is 84.9 Å². The van der Waals surface area contributed by atoms with Crippen molar-refractivity contribution in [3.05, 3.63) is 107 Å². The number of aliphatic hydroxyl groups is 1. The van der Waals surface area contributed by atoms with Gasteiger partial charge in [0, 0.05) is 26.2 Å². The molecule has 0 aliphatic carbocycles. The Labute approximate surface area is 206 Å². The zero-order valence-electron chi connectivity index (χ0n) is 21.0. The lowest BCUT2D eigenvalue weighted by Crippen LogP contribution is -2.48. The van der Waals surface area contributed by atoms with E-state index in [9.17, 15) is 5.11 Å². The van der Waals surface area contributed by atoms with Crippen LogP contribution >= 0.6 is 0 Å². The van der Waals surface area contributed by atoms with E-state index in [1.54, 1.807) is 0 Å². The molecule has 1 N–H and O–H groups in total. The van der Waals surface area contributed by atoms with Gasteiger partial charge >= 0.3 is 0 Å². The third kappa shape index (κ3) is 6.35. The smallest absolute Gasteiger partial charge is 0.0790 e. The molecular weight excluding hydrogens is 416 g/mol. The second kappa shape index (κ2) is 11.3. The van der Waals surface area contributed by atoms with Crippen LogP contribution in [0.2, 0.25) is 0 Å². The average Bonchev–Trinajstić information content (AvgIpc) is 2.86. The van der Waals surface area contributed by atoms with E-state index in [4.69, 9.17) is 0 Å². The van der Waals surface area contributed by atoms with Gasteiger partial charge in [0.1, 0.15) is 0 Å². The van der Waals surface area contributed by atoms with E-state index in [1.807, 2.05) is 0 Å². The van der Waals surface area contributed by atoms with Gasteiger partial charge in [-0.25, -0.2) is 0 Å². The van der Waals surface area contributed by atoms with Crippen molar-refractivity contribution in [1.82, 2.24) is 9.80 Å². The molecule has 3 aromatic carbocycles. The molecule has 3 heteroatoms. The maximum atomic E-state index is 10.7. The molecule has 0 spiro atoms. The molecule has 0 unspecified atom stereocenters. The summed E-state index contributed by atoms with van der Waals surface area (Å²) in [5, 5.41) is 10.7. The van der Waals surface area contributed by atoms with E-state index in [0.717, 1.165) is 51.1 Å². The number of nitrogens with zero attached hydrogens (tertiary/aromatic N) is 2. The van der Waals surface area contributed by atoms with Crippen molar-refractivity contribution in [1.29, 1.82) is 0 Å². The van der Waals surface area contributed by atoms with Crippen molar-refractivity contribution in [2.45, 2.75) is 51.2 Å². The first-order chi connectivity index (χ1) is 16.4. The van der Waals surface area contributed by atoms with Gasteiger partial charge in [-0.15, -0.1) is 0 Å². The summed E-state index contributed by atoms with van der Waals surface area (Å²) in [4.78, 5) is 5.17. The molecule has 0 saturated carbocycles. The molecule has 1 saturated heterocycles. The van der Waals surface area contributed by atoms with Gasteiger partial charge in [0.25, 0.3) is 0 Å². The van der Waals surface area contributed by atoms with Crippen molar-refractivity contribution < 1.29 is 5.11 Å². The molecule has 1 aliphatic rings. The molecule has 180 valence electrons. The minimum absolute atomic E-state index is 0.145. The van der Waals surface area contributed by atoms with E-state index in [0.29, 0.717) is 6.04 Å². The normalized spacial score (nSPS) is 16.6. The van der Waals surface area contributed by atoms with E-state index in [2.05, 4.69) is 116 Å². The van der Waals surface area contributed by atoms with Crippen molar-refractivity contribution in [3.8, 4) is 0 Å². The molecule has 3 nitrogen and oxygen atoms in total. The van der Waals surface area contributed by atoms with Gasteiger partial charge in [-0.3, -0.25) is 4.90 Å². The topological polar surface area (TPSA) is 26.7 Å². The summed E-state index contributed by atoms with van der Waals surface area (Å²) in [6.07, 6.45) is 1.45. The molecule has 1 atom stereocenters. The second-order valence-electron chi connectivity index (χ2n) is 10.6. The Kier molecular flexibility index (Phi) is 8.20. The summed E-state index contributed by atoms with van der Waals surface area (Å²) in [7, 11) is 0. The van der Waals surface area contributed by atoms with Crippen LogP contribution in [-0.2, 0) is 5.41 Å². The SMILES string of the molecule is CC(C)(C)c1ccc([C@H](O)CCCN2CCN(C(c3ccccc3)c3ccccc3)CC2)cc1. The number of hydrogen-bond donors (Lipinski definition) is 1. The molecule has 1 heterocycles. The van der Waals surface area contributed by atoms with Gasteiger partial charge in [0.05, 0.1) is 12.1 Å². The maximum absolute atomic E-state index is 10.7. The predicted octanol–water partition coefficient (Wildman–Crippen LogP) is 6.20. The highest BCUT2D eigenvalue weighted by molar-refractivity contribution is 5.32. The molecule has 1 aliphatic heterocycles.